The van der Waals surface area contributed by atoms with E-state index in [1.807, 2.05) is 0 Å². The molecule has 1 rings (SSSR count). The summed E-state index contributed by atoms with van der Waals surface area (Å²) in [5.41, 5.74) is 0.565. The van der Waals surface area contributed by atoms with Gasteiger partial charge in [0.25, 0.3) is 0 Å². The number of ketones is 1. The maximum atomic E-state index is 12.0. The Morgan fingerprint density at radius 1 is 1.56 bits per heavy atom. The molecule has 0 unspecified atom stereocenters. The molecule has 0 aliphatic rings. The van der Waals surface area contributed by atoms with Gasteiger partial charge in [0.15, 0.2) is 0 Å². The molecule has 1 aromatic rings. The number of ether oxygens (including phenoxy) is 1. The fourth-order valence-corrected chi connectivity index (χ4v) is 1.25. The molecule has 0 fully saturated rings. The zero-order valence-electron chi connectivity index (χ0n) is 8.54. The average Bonchev–Trinajstić information content (AvgIpc) is 2.16. The number of carbonyl (C=O) groups is 1. The zero-order valence-corrected chi connectivity index (χ0v) is 8.54. The van der Waals surface area contributed by atoms with Gasteiger partial charge in [0.2, 0.25) is 0 Å². The van der Waals surface area contributed by atoms with Gasteiger partial charge in [-0.2, -0.15) is 14.0 Å². The summed E-state index contributed by atoms with van der Waals surface area (Å²) in [7, 11) is 0. The Bertz CT molecular complexity index is 438. The van der Waals surface area contributed by atoms with E-state index < -0.39 is 6.61 Å². The molecule has 0 heterocycles. The number of halogens is 2. The number of rotatable bonds is 4. The molecule has 0 saturated heterocycles. The van der Waals surface area contributed by atoms with Gasteiger partial charge in [-0.1, -0.05) is 6.07 Å². The Morgan fingerprint density at radius 2 is 2.25 bits per heavy atom. The minimum absolute atomic E-state index is 0.0209. The number of Topliss-reactive ketones (excluding diaryl/α,β-unsaturated/α-hetero) is 1. The van der Waals surface area contributed by atoms with Crippen LogP contribution >= 0.6 is 0 Å². The van der Waals surface area contributed by atoms with Gasteiger partial charge in [0, 0.05) is 6.42 Å². The van der Waals surface area contributed by atoms with Crippen molar-refractivity contribution in [1.29, 1.82) is 5.26 Å². The van der Waals surface area contributed by atoms with Crippen LogP contribution in [-0.4, -0.2) is 12.4 Å². The van der Waals surface area contributed by atoms with E-state index in [1.165, 1.54) is 25.1 Å². The predicted octanol–water partition coefficient (Wildman–Crippen LogP) is 2.29. The summed E-state index contributed by atoms with van der Waals surface area (Å²) in [6, 6.07) is 5.92. The highest BCUT2D eigenvalue weighted by atomic mass is 19.3. The first kappa shape index (κ1) is 12.1. The standard InChI is InChI=1S/C11H9F2NO2/c1-7(15)4-8-2-3-9(6-14)10(5-8)16-11(12)13/h2-3,5,11H,4H2,1H3. The van der Waals surface area contributed by atoms with Gasteiger partial charge in [-0.05, 0) is 24.6 Å². The lowest BCUT2D eigenvalue weighted by Crippen LogP contribution is -2.05. The first-order valence-corrected chi connectivity index (χ1v) is 4.50. The normalized spacial score (nSPS) is 9.94. The quantitative estimate of drug-likeness (QED) is 0.789. The van der Waals surface area contributed by atoms with Gasteiger partial charge >= 0.3 is 6.61 Å². The number of alkyl halides is 2. The summed E-state index contributed by atoms with van der Waals surface area (Å²) in [5.74, 6) is -0.288. The topological polar surface area (TPSA) is 50.1 Å². The van der Waals surface area contributed by atoms with E-state index in [0.29, 0.717) is 5.56 Å². The molecule has 5 heteroatoms. The Hall–Kier alpha value is -1.96. The number of carbonyl (C=O) groups excluding carboxylic acids is 1. The van der Waals surface area contributed by atoms with Gasteiger partial charge in [0.05, 0.1) is 5.56 Å². The summed E-state index contributed by atoms with van der Waals surface area (Å²) in [5, 5.41) is 8.66. The predicted molar refractivity (Wildman–Crippen MR) is 52.2 cm³/mol. The third kappa shape index (κ3) is 3.31. The lowest BCUT2D eigenvalue weighted by atomic mass is 10.1. The van der Waals surface area contributed by atoms with Crippen molar-refractivity contribution in [2.24, 2.45) is 0 Å². The molecule has 1 aromatic carbocycles. The summed E-state index contributed by atoms with van der Waals surface area (Å²) in [6.45, 7) is -1.59. The summed E-state index contributed by atoms with van der Waals surface area (Å²) < 4.78 is 28.3. The molecule has 3 nitrogen and oxygen atoms in total. The highest BCUT2D eigenvalue weighted by Crippen LogP contribution is 2.22. The summed E-state index contributed by atoms with van der Waals surface area (Å²) in [4.78, 5) is 10.8. The van der Waals surface area contributed by atoms with Gasteiger partial charge in [-0.3, -0.25) is 4.79 Å². The van der Waals surface area contributed by atoms with Crippen molar-refractivity contribution in [3.63, 3.8) is 0 Å². The highest BCUT2D eigenvalue weighted by Gasteiger charge is 2.11. The van der Waals surface area contributed by atoms with Crippen LogP contribution in [-0.2, 0) is 11.2 Å². The maximum Gasteiger partial charge on any atom is 0.387 e. The minimum atomic E-state index is -2.99. The van der Waals surface area contributed by atoms with Crippen molar-refractivity contribution >= 4 is 5.78 Å². The molecule has 0 aliphatic carbocycles. The van der Waals surface area contributed by atoms with Crippen LogP contribution < -0.4 is 4.74 Å². The van der Waals surface area contributed by atoms with Crippen LogP contribution in [0, 0.1) is 11.3 Å². The van der Waals surface area contributed by atoms with E-state index in [0.717, 1.165) is 0 Å². The van der Waals surface area contributed by atoms with E-state index in [1.54, 1.807) is 6.07 Å². The van der Waals surface area contributed by atoms with Crippen LogP contribution in [0.5, 0.6) is 5.75 Å². The number of benzene rings is 1. The van der Waals surface area contributed by atoms with Crippen molar-refractivity contribution in [3.8, 4) is 11.8 Å². The van der Waals surface area contributed by atoms with Crippen molar-refractivity contribution in [2.45, 2.75) is 20.0 Å². The molecule has 0 amide bonds. The second kappa shape index (κ2) is 5.21. The number of nitriles is 1. The second-order valence-corrected chi connectivity index (χ2v) is 3.20. The first-order chi connectivity index (χ1) is 7.52. The van der Waals surface area contributed by atoms with Gasteiger partial charge in [-0.25, -0.2) is 0 Å². The van der Waals surface area contributed by atoms with Gasteiger partial charge < -0.3 is 4.74 Å². The molecule has 0 radical (unpaired) electrons. The minimum Gasteiger partial charge on any atom is -0.433 e. The number of hydrogen-bond acceptors (Lipinski definition) is 3. The summed E-state index contributed by atoms with van der Waals surface area (Å²) >= 11 is 0. The molecule has 0 N–H and O–H groups in total. The van der Waals surface area contributed by atoms with E-state index in [9.17, 15) is 13.6 Å². The number of hydrogen-bond donors (Lipinski definition) is 0. The molecule has 0 aromatic heterocycles. The lowest BCUT2D eigenvalue weighted by Gasteiger charge is -2.07. The Labute approximate surface area is 91.3 Å². The fraction of sp³-hybridized carbons (Fsp3) is 0.273. The first-order valence-electron chi connectivity index (χ1n) is 4.50. The molecular formula is C11H9F2NO2. The lowest BCUT2D eigenvalue weighted by molar-refractivity contribution is -0.116. The molecule has 16 heavy (non-hydrogen) atoms. The maximum absolute atomic E-state index is 12.0. The molecule has 0 bridgehead atoms. The van der Waals surface area contributed by atoms with Crippen molar-refractivity contribution in [3.05, 3.63) is 29.3 Å². The van der Waals surface area contributed by atoms with Gasteiger partial charge in [0.1, 0.15) is 17.6 Å². The average molecular weight is 225 g/mol. The molecular weight excluding hydrogens is 216 g/mol. The molecule has 0 aliphatic heterocycles. The van der Waals surface area contributed by atoms with Crippen LogP contribution in [0.2, 0.25) is 0 Å². The summed E-state index contributed by atoms with van der Waals surface area (Å²) in [6.07, 6.45) is 0.130. The second-order valence-electron chi connectivity index (χ2n) is 3.20. The van der Waals surface area contributed by atoms with E-state index in [-0.39, 0.29) is 23.5 Å². The monoisotopic (exact) mass is 225 g/mol. The fourth-order valence-electron chi connectivity index (χ4n) is 1.25. The zero-order chi connectivity index (χ0) is 12.1. The highest BCUT2D eigenvalue weighted by molar-refractivity contribution is 5.78. The van der Waals surface area contributed by atoms with Crippen LogP contribution in [0.25, 0.3) is 0 Å². The van der Waals surface area contributed by atoms with Crippen LogP contribution in [0.1, 0.15) is 18.1 Å². The van der Waals surface area contributed by atoms with E-state index in [4.69, 9.17) is 5.26 Å². The van der Waals surface area contributed by atoms with Crippen LogP contribution in [0.15, 0.2) is 18.2 Å². The van der Waals surface area contributed by atoms with E-state index >= 15 is 0 Å². The Morgan fingerprint density at radius 3 is 2.75 bits per heavy atom. The smallest absolute Gasteiger partial charge is 0.387 e. The van der Waals surface area contributed by atoms with E-state index in [2.05, 4.69) is 4.74 Å². The molecule has 0 saturated carbocycles. The van der Waals surface area contributed by atoms with Crippen molar-refractivity contribution < 1.29 is 18.3 Å². The Balaban J connectivity index is 3.02. The third-order valence-corrected chi connectivity index (χ3v) is 1.84. The van der Waals surface area contributed by atoms with Crippen LogP contribution in [0.3, 0.4) is 0 Å². The van der Waals surface area contributed by atoms with Crippen LogP contribution in [0.4, 0.5) is 8.78 Å². The largest absolute Gasteiger partial charge is 0.433 e. The SMILES string of the molecule is CC(=O)Cc1ccc(C#N)c(OC(F)F)c1. The number of nitrogens with zero attached hydrogens (tertiary/aromatic N) is 1. The third-order valence-electron chi connectivity index (χ3n) is 1.84. The van der Waals surface area contributed by atoms with Crippen molar-refractivity contribution in [2.75, 3.05) is 0 Å². The molecule has 84 valence electrons. The Kier molecular flexibility index (Phi) is 3.95. The molecule has 0 spiro atoms. The molecule has 0 atom stereocenters. The van der Waals surface area contributed by atoms with Crippen molar-refractivity contribution in [1.82, 2.24) is 0 Å². The van der Waals surface area contributed by atoms with Gasteiger partial charge in [-0.15, -0.1) is 0 Å².